The Kier molecular flexibility index (Phi) is 12.3. The van der Waals surface area contributed by atoms with E-state index in [9.17, 15) is 0 Å². The van der Waals surface area contributed by atoms with E-state index in [4.69, 9.17) is 9.72 Å². The fraction of sp³-hybridized carbons (Fsp3) is 0.229. The molecule has 0 spiro atoms. The Bertz CT molecular complexity index is 4150. The summed E-state index contributed by atoms with van der Waals surface area (Å²) in [5.74, 6) is 2.04. The molecule has 0 amide bonds. The summed E-state index contributed by atoms with van der Waals surface area (Å²) in [6.07, 6.45) is 1.91. The minimum Gasteiger partial charge on any atom is -0.509 e. The molecule has 0 aliphatic carbocycles. The van der Waals surface area contributed by atoms with Crippen LogP contribution in [0.5, 0.6) is 11.5 Å². The number of hydrogen-bond acceptors (Lipinski definition) is 3. The van der Waals surface area contributed by atoms with Crippen LogP contribution in [-0.4, -0.2) is 14.1 Å². The molecule has 6 heteroatoms. The molecule has 0 saturated heterocycles. The molecule has 0 atom stereocenters. The third-order valence-electron chi connectivity index (χ3n) is 15.3. The number of ether oxygens (including phenoxy) is 1. The number of hydrogen-bond donors (Lipinski definition) is 0. The summed E-state index contributed by atoms with van der Waals surface area (Å²) in [6, 6.07) is 67.6. The number of para-hydroxylation sites is 3. The van der Waals surface area contributed by atoms with Crippen LogP contribution in [0.25, 0.3) is 82.1 Å². The Hall–Kier alpha value is -7.33. The van der Waals surface area contributed by atoms with Gasteiger partial charge < -0.3 is 18.8 Å². The van der Waals surface area contributed by atoms with Crippen molar-refractivity contribution in [2.45, 2.75) is 105 Å². The van der Waals surface area contributed by atoms with E-state index < -0.39 is 0 Å². The molecule has 0 radical (unpaired) electrons. The number of anilines is 2. The smallest absolute Gasteiger partial charge is 0.135 e. The molecule has 0 fully saturated rings. The first-order valence-corrected chi connectivity index (χ1v) is 26.4. The normalized spacial score (nSPS) is 13.0. The summed E-state index contributed by atoms with van der Waals surface area (Å²) in [4.78, 5) is 7.20. The molecule has 384 valence electrons. The molecule has 1 aliphatic rings. The van der Waals surface area contributed by atoms with Gasteiger partial charge in [-0.1, -0.05) is 203 Å². The average Bonchev–Trinajstić information content (AvgIpc) is 3.96. The van der Waals surface area contributed by atoms with Gasteiger partial charge >= 0.3 is 0 Å². The van der Waals surface area contributed by atoms with Crippen LogP contribution in [0, 0.1) is 18.8 Å². The average molecular weight is 1170 g/mol. The van der Waals surface area contributed by atoms with Crippen LogP contribution in [0.4, 0.5) is 11.4 Å². The van der Waals surface area contributed by atoms with E-state index in [1.165, 1.54) is 54.9 Å². The molecule has 5 nitrogen and oxygen atoms in total. The zero-order valence-electron chi connectivity index (χ0n) is 45.8. The molecular weight excluding hydrogens is 1110 g/mol. The van der Waals surface area contributed by atoms with Gasteiger partial charge in [0.2, 0.25) is 0 Å². The van der Waals surface area contributed by atoms with Crippen molar-refractivity contribution in [1.82, 2.24) is 14.1 Å². The summed E-state index contributed by atoms with van der Waals surface area (Å²) in [7, 11) is 0. The predicted molar refractivity (Wildman–Crippen MR) is 317 cm³/mol. The largest absolute Gasteiger partial charge is 0.509 e. The quantitative estimate of drug-likeness (QED) is 0.161. The SMILES string of the molecule is CC(C)(C)c1cc(-c2cccc3c4ccccc4c4ccc(C(C)(C)C)cc4c4cccc5c4n(c23)[CH-]N5c2[c-]c(Oc3[c-]c4c(cc3)c3ccccc3n4-c3cc(C(C)(C)C)ccn3)ccc2)cc(C(C)(C)C)c1.[Pt]. The number of pyridine rings is 1. The summed E-state index contributed by atoms with van der Waals surface area (Å²) >= 11 is 0. The molecule has 76 heavy (non-hydrogen) atoms. The van der Waals surface area contributed by atoms with E-state index in [-0.39, 0.29) is 42.7 Å². The number of fused-ring (bicyclic) bond motifs is 10. The van der Waals surface area contributed by atoms with Gasteiger partial charge in [-0.25, -0.2) is 4.98 Å². The molecule has 0 bridgehead atoms. The van der Waals surface area contributed by atoms with Crippen molar-refractivity contribution in [1.29, 1.82) is 0 Å². The first-order valence-electron chi connectivity index (χ1n) is 26.4. The van der Waals surface area contributed by atoms with Gasteiger partial charge in [0.25, 0.3) is 0 Å². The van der Waals surface area contributed by atoms with E-state index in [0.717, 1.165) is 60.8 Å². The van der Waals surface area contributed by atoms with Crippen LogP contribution >= 0.6 is 0 Å². The van der Waals surface area contributed by atoms with Gasteiger partial charge in [0.1, 0.15) is 5.82 Å². The molecular formula is C70H65N4OPt-3. The number of benzene rings is 8. The van der Waals surface area contributed by atoms with Gasteiger partial charge in [0, 0.05) is 50.0 Å². The molecule has 0 N–H and O–H groups in total. The number of nitrogens with zero attached hydrogens (tertiary/aromatic N) is 4. The maximum absolute atomic E-state index is 6.83. The maximum Gasteiger partial charge on any atom is 0.135 e. The van der Waals surface area contributed by atoms with Crippen LogP contribution < -0.4 is 9.64 Å². The van der Waals surface area contributed by atoms with Crippen LogP contribution in [-0.2, 0) is 42.7 Å². The predicted octanol–water partition coefficient (Wildman–Crippen LogP) is 19.1. The second kappa shape index (κ2) is 18.5. The van der Waals surface area contributed by atoms with Gasteiger partial charge in [-0.15, -0.1) is 35.7 Å². The number of rotatable bonds is 5. The van der Waals surface area contributed by atoms with E-state index in [0.29, 0.717) is 11.5 Å². The Balaban J connectivity index is 0.00000616. The van der Waals surface area contributed by atoms with Gasteiger partial charge in [-0.3, -0.25) is 0 Å². The van der Waals surface area contributed by atoms with Crippen LogP contribution in [0.2, 0.25) is 0 Å². The van der Waals surface area contributed by atoms with Gasteiger partial charge in [-0.2, -0.15) is 12.1 Å². The molecule has 4 heterocycles. The Labute approximate surface area is 462 Å². The van der Waals surface area contributed by atoms with Crippen LogP contribution in [0.3, 0.4) is 0 Å². The molecule has 3 aromatic heterocycles. The van der Waals surface area contributed by atoms with Gasteiger partial charge in [-0.05, 0) is 135 Å². The third kappa shape index (κ3) is 8.81. The second-order valence-corrected chi connectivity index (χ2v) is 24.7. The summed E-state index contributed by atoms with van der Waals surface area (Å²) in [5, 5.41) is 9.37. The number of aromatic nitrogens is 3. The standard InChI is InChI=1S/C70H65N4O.Pt/c1-67(2,3)45-30-32-55-53-22-13-14-23-54(53)58-26-18-25-52(44-36-47(69(7,8)9)38-48(37-44)70(10,11)12)65(58)73-43-72(62-29-19-27-59(66(62)73)60(55)39-45)49-20-17-21-50(41-49)75-51-31-33-57-56-24-15-16-28-61(56)74(63(57)42-51)64-40-46(34-35-71-64)68(4,5)6;/h13-40,43H,1-12H3;/q-3;. The molecule has 8 aromatic carbocycles. The van der Waals surface area contributed by atoms with Crippen LogP contribution in [0.1, 0.15) is 105 Å². The van der Waals surface area contributed by atoms with Gasteiger partial charge in [0.05, 0.1) is 0 Å². The molecule has 11 aromatic rings. The van der Waals surface area contributed by atoms with E-state index in [1.54, 1.807) is 0 Å². The first kappa shape index (κ1) is 50.8. The summed E-state index contributed by atoms with van der Waals surface area (Å²) in [6.45, 7) is 29.8. The van der Waals surface area contributed by atoms with Crippen molar-refractivity contribution in [3.05, 3.63) is 211 Å². The van der Waals surface area contributed by atoms with Crippen molar-refractivity contribution in [3.63, 3.8) is 0 Å². The fourth-order valence-corrected chi connectivity index (χ4v) is 11.1. The molecule has 0 unspecified atom stereocenters. The Morgan fingerprint density at radius 2 is 1.01 bits per heavy atom. The molecule has 12 rings (SSSR count). The fourth-order valence-electron chi connectivity index (χ4n) is 11.1. The van der Waals surface area contributed by atoms with Crippen molar-refractivity contribution in [3.8, 4) is 28.4 Å². The van der Waals surface area contributed by atoms with Crippen LogP contribution in [0.15, 0.2) is 170 Å². The van der Waals surface area contributed by atoms with E-state index in [1.807, 2.05) is 18.3 Å². The van der Waals surface area contributed by atoms with Crippen molar-refractivity contribution in [2.75, 3.05) is 4.90 Å². The zero-order chi connectivity index (χ0) is 52.3. The Morgan fingerprint density at radius 3 is 1.71 bits per heavy atom. The van der Waals surface area contributed by atoms with Crippen molar-refractivity contribution >= 4 is 76.5 Å². The maximum atomic E-state index is 6.83. The Morgan fingerprint density at radius 1 is 0.447 bits per heavy atom. The van der Waals surface area contributed by atoms with E-state index in [2.05, 4.69) is 268 Å². The monoisotopic (exact) mass is 1170 g/mol. The van der Waals surface area contributed by atoms with Gasteiger partial charge in [0.15, 0.2) is 0 Å². The summed E-state index contributed by atoms with van der Waals surface area (Å²) in [5.41, 5.74) is 13.4. The first-order chi connectivity index (χ1) is 35.7. The van der Waals surface area contributed by atoms with E-state index >= 15 is 0 Å². The topological polar surface area (TPSA) is 35.2 Å². The molecule has 1 aliphatic heterocycles. The zero-order valence-corrected chi connectivity index (χ0v) is 48.0. The molecule has 0 saturated carbocycles. The minimum absolute atomic E-state index is 0. The second-order valence-electron chi connectivity index (χ2n) is 24.7. The van der Waals surface area contributed by atoms with Crippen molar-refractivity contribution in [2.24, 2.45) is 0 Å². The summed E-state index contributed by atoms with van der Waals surface area (Å²) < 4.78 is 11.5. The minimum atomic E-state index is -0.0656. The third-order valence-corrected chi connectivity index (χ3v) is 15.3. The van der Waals surface area contributed by atoms with Crippen molar-refractivity contribution < 1.29 is 25.8 Å².